The minimum Gasteiger partial charge on any atom is -0.872 e. The molecule has 4 rings (SSSR count). The number of pyridine rings is 1. The van der Waals surface area contributed by atoms with Crippen LogP contribution in [0.15, 0.2) is 48.5 Å². The van der Waals surface area contributed by atoms with E-state index in [1.54, 1.807) is 12.1 Å². The molecule has 1 aliphatic rings. The predicted octanol–water partition coefficient (Wildman–Crippen LogP) is 3.88. The molecule has 0 amide bonds. The maximum atomic E-state index is 11.9. The number of carbonyl (C=O) groups is 1. The molecule has 0 radical (unpaired) electrons. The van der Waals surface area contributed by atoms with Gasteiger partial charge in [-0.05, 0) is 48.1 Å². The lowest BCUT2D eigenvalue weighted by Gasteiger charge is -2.21. The molecule has 1 aliphatic carbocycles. The fourth-order valence-electron chi connectivity index (χ4n) is 3.48. The lowest BCUT2D eigenvalue weighted by atomic mass is 9.86. The molecule has 4 heteroatoms. The van der Waals surface area contributed by atoms with Gasteiger partial charge in [0.2, 0.25) is 0 Å². The zero-order valence-electron chi connectivity index (χ0n) is 13.5. The van der Waals surface area contributed by atoms with Crippen LogP contribution in [0, 0.1) is 0 Å². The van der Waals surface area contributed by atoms with Crippen molar-refractivity contribution in [2.75, 3.05) is 0 Å². The molecule has 0 spiro atoms. The number of hydrogen-bond acceptors (Lipinski definition) is 3. The second-order valence-electron chi connectivity index (χ2n) is 6.23. The highest BCUT2D eigenvalue weighted by Crippen LogP contribution is 2.36. The van der Waals surface area contributed by atoms with Gasteiger partial charge in [0.05, 0.1) is 16.8 Å². The van der Waals surface area contributed by atoms with Gasteiger partial charge in [-0.1, -0.05) is 42.5 Å². The van der Waals surface area contributed by atoms with Crippen molar-refractivity contribution in [3.05, 3.63) is 70.9 Å². The number of hydrogen-bond donors (Lipinski definition) is 1. The number of allylic oxidation sites excluding steroid dienone is 1. The van der Waals surface area contributed by atoms with Gasteiger partial charge in [-0.3, -0.25) is 0 Å². The number of carboxylic acid groups (broad SMARTS) is 1. The summed E-state index contributed by atoms with van der Waals surface area (Å²) >= 11 is 0. The van der Waals surface area contributed by atoms with Gasteiger partial charge in [-0.25, -0.2) is 9.78 Å². The van der Waals surface area contributed by atoms with Crippen molar-refractivity contribution >= 4 is 28.5 Å². The Kier molecular flexibility index (Phi) is 3.73. The van der Waals surface area contributed by atoms with E-state index < -0.39 is 5.97 Å². The van der Waals surface area contributed by atoms with E-state index in [9.17, 15) is 15.0 Å². The Morgan fingerprint density at radius 2 is 1.84 bits per heavy atom. The third-order valence-electron chi connectivity index (χ3n) is 4.61. The molecule has 1 N–H and O–H groups in total. The molecule has 0 atom stereocenters. The maximum absolute atomic E-state index is 11.9. The first-order chi connectivity index (χ1) is 12.1. The summed E-state index contributed by atoms with van der Waals surface area (Å²) in [5.41, 5.74) is 4.59. The van der Waals surface area contributed by atoms with Crippen LogP contribution in [0.4, 0.5) is 0 Å². The van der Waals surface area contributed by atoms with Crippen molar-refractivity contribution in [1.29, 1.82) is 0 Å². The minimum absolute atomic E-state index is 0.0246. The SMILES string of the molecule is O=C(O)c1c2c(nc3ccccc13)/C(=C/c1ccc([O-])cc1)CCC2. The second kappa shape index (κ2) is 6.06. The zero-order valence-corrected chi connectivity index (χ0v) is 13.5. The molecular weight excluding hydrogens is 314 g/mol. The molecule has 1 aromatic heterocycles. The van der Waals surface area contributed by atoms with E-state index in [4.69, 9.17) is 4.98 Å². The van der Waals surface area contributed by atoms with Crippen LogP contribution in [0.1, 0.15) is 40.0 Å². The molecule has 0 unspecified atom stereocenters. The van der Waals surface area contributed by atoms with E-state index >= 15 is 0 Å². The van der Waals surface area contributed by atoms with Gasteiger partial charge >= 0.3 is 5.97 Å². The monoisotopic (exact) mass is 330 g/mol. The number of para-hydroxylation sites is 1. The van der Waals surface area contributed by atoms with Gasteiger partial charge in [-0.2, -0.15) is 0 Å². The fourth-order valence-corrected chi connectivity index (χ4v) is 3.48. The highest BCUT2D eigenvalue weighted by Gasteiger charge is 2.24. The first-order valence-corrected chi connectivity index (χ1v) is 8.26. The summed E-state index contributed by atoms with van der Waals surface area (Å²) in [6.45, 7) is 0. The predicted molar refractivity (Wildman–Crippen MR) is 95.4 cm³/mol. The Morgan fingerprint density at radius 1 is 1.08 bits per heavy atom. The molecule has 1 heterocycles. The maximum Gasteiger partial charge on any atom is 0.336 e. The van der Waals surface area contributed by atoms with Crippen LogP contribution >= 0.6 is 0 Å². The van der Waals surface area contributed by atoms with E-state index in [1.807, 2.05) is 30.3 Å². The van der Waals surface area contributed by atoms with Crippen molar-refractivity contribution in [1.82, 2.24) is 4.98 Å². The molecule has 0 fully saturated rings. The van der Waals surface area contributed by atoms with E-state index in [-0.39, 0.29) is 5.75 Å². The summed E-state index contributed by atoms with van der Waals surface area (Å²) in [5, 5.41) is 21.7. The van der Waals surface area contributed by atoms with Crippen molar-refractivity contribution in [3.8, 4) is 5.75 Å². The van der Waals surface area contributed by atoms with Crippen LogP contribution in [0.2, 0.25) is 0 Å². The Morgan fingerprint density at radius 3 is 2.60 bits per heavy atom. The highest BCUT2D eigenvalue weighted by molar-refractivity contribution is 6.05. The van der Waals surface area contributed by atoms with Gasteiger partial charge in [0.1, 0.15) is 0 Å². The summed E-state index contributed by atoms with van der Waals surface area (Å²) < 4.78 is 0. The molecular formula is C21H16NO3-. The molecule has 3 aromatic rings. The van der Waals surface area contributed by atoms with Crippen LogP contribution in [0.25, 0.3) is 22.6 Å². The third kappa shape index (κ3) is 2.76. The number of benzene rings is 2. The van der Waals surface area contributed by atoms with Gasteiger partial charge in [-0.15, -0.1) is 5.75 Å². The van der Waals surface area contributed by atoms with Crippen molar-refractivity contribution in [2.45, 2.75) is 19.3 Å². The normalized spacial score (nSPS) is 15.3. The number of carboxylic acids is 1. The lowest BCUT2D eigenvalue weighted by Crippen LogP contribution is -2.13. The Balaban J connectivity index is 1.95. The Labute approximate surface area is 145 Å². The Bertz CT molecular complexity index is 1000. The molecule has 25 heavy (non-hydrogen) atoms. The van der Waals surface area contributed by atoms with Crippen LogP contribution in [-0.2, 0) is 6.42 Å². The molecule has 0 aliphatic heterocycles. The van der Waals surface area contributed by atoms with Gasteiger partial charge < -0.3 is 10.2 Å². The zero-order chi connectivity index (χ0) is 17.4. The molecule has 0 bridgehead atoms. The number of nitrogens with zero attached hydrogens (tertiary/aromatic N) is 1. The standard InChI is InChI=1S/C21H17NO3/c23-15-10-8-13(9-11-15)12-14-4-3-6-17-19(21(24)25)16-5-1-2-7-18(16)22-20(14)17/h1-2,5,7-12,23H,3-4,6H2,(H,24,25)/p-1/b14-12+. The number of aromatic carboxylic acids is 1. The van der Waals surface area contributed by atoms with E-state index in [1.165, 1.54) is 12.1 Å². The van der Waals surface area contributed by atoms with E-state index in [0.717, 1.165) is 35.2 Å². The quantitative estimate of drug-likeness (QED) is 0.774. The van der Waals surface area contributed by atoms with Crippen LogP contribution < -0.4 is 5.11 Å². The van der Waals surface area contributed by atoms with Gasteiger partial charge in [0.25, 0.3) is 0 Å². The third-order valence-corrected chi connectivity index (χ3v) is 4.61. The second-order valence-corrected chi connectivity index (χ2v) is 6.23. The summed E-state index contributed by atoms with van der Waals surface area (Å²) in [5.74, 6) is -0.935. The van der Waals surface area contributed by atoms with E-state index in [0.29, 0.717) is 22.9 Å². The average Bonchev–Trinajstić information content (AvgIpc) is 2.62. The van der Waals surface area contributed by atoms with Crippen LogP contribution in [0.3, 0.4) is 0 Å². The van der Waals surface area contributed by atoms with Crippen LogP contribution in [0.5, 0.6) is 5.75 Å². The molecule has 4 nitrogen and oxygen atoms in total. The highest BCUT2D eigenvalue weighted by atomic mass is 16.4. The first kappa shape index (κ1) is 15.4. The summed E-state index contributed by atoms with van der Waals surface area (Å²) in [6, 6.07) is 14.0. The van der Waals surface area contributed by atoms with Crippen LogP contribution in [-0.4, -0.2) is 16.1 Å². The van der Waals surface area contributed by atoms with Gasteiger partial charge in [0, 0.05) is 5.39 Å². The molecule has 2 aromatic carbocycles. The van der Waals surface area contributed by atoms with Crippen molar-refractivity contribution in [2.24, 2.45) is 0 Å². The van der Waals surface area contributed by atoms with Crippen molar-refractivity contribution < 1.29 is 15.0 Å². The summed E-state index contributed by atoms with van der Waals surface area (Å²) in [7, 11) is 0. The molecule has 0 saturated heterocycles. The average molecular weight is 330 g/mol. The lowest BCUT2D eigenvalue weighted by molar-refractivity contribution is -0.268. The first-order valence-electron chi connectivity index (χ1n) is 8.26. The Hall–Kier alpha value is -3.14. The van der Waals surface area contributed by atoms with E-state index in [2.05, 4.69) is 0 Å². The molecule has 0 saturated carbocycles. The number of fused-ring (bicyclic) bond motifs is 2. The number of aromatic nitrogens is 1. The topological polar surface area (TPSA) is 73.2 Å². The largest absolute Gasteiger partial charge is 0.872 e. The van der Waals surface area contributed by atoms with Gasteiger partial charge in [0.15, 0.2) is 0 Å². The summed E-state index contributed by atoms with van der Waals surface area (Å²) in [4.78, 5) is 16.7. The fraction of sp³-hybridized carbons (Fsp3) is 0.143. The smallest absolute Gasteiger partial charge is 0.336 e. The van der Waals surface area contributed by atoms with Crippen molar-refractivity contribution in [3.63, 3.8) is 0 Å². The minimum atomic E-state index is -0.910. The molecule has 124 valence electrons. The summed E-state index contributed by atoms with van der Waals surface area (Å²) in [6.07, 6.45) is 4.45. The number of rotatable bonds is 2.